The molecule has 2 aromatic carbocycles. The summed E-state index contributed by atoms with van der Waals surface area (Å²) in [5, 5.41) is 0. The lowest BCUT2D eigenvalue weighted by atomic mass is 9.66. The number of hydrogen-bond acceptors (Lipinski definition) is 2. The number of methoxy groups -OCH3 is 1. The first-order valence-electron chi connectivity index (χ1n) is 10.0. The van der Waals surface area contributed by atoms with Gasteiger partial charge in [-0.25, -0.2) is 0 Å². The number of carbonyl (C=O) groups is 1. The molecule has 2 heteroatoms. The summed E-state index contributed by atoms with van der Waals surface area (Å²) in [6, 6.07) is 18.0. The van der Waals surface area contributed by atoms with Crippen molar-refractivity contribution >= 4 is 5.78 Å². The highest BCUT2D eigenvalue weighted by molar-refractivity contribution is 5.99. The monoisotopic (exact) mass is 374 g/mol. The third kappa shape index (κ3) is 4.44. The number of Topliss-reactive ketones (excluding diaryl/α,β-unsaturated/α-hetero) is 1. The molecule has 2 aromatic rings. The topological polar surface area (TPSA) is 26.3 Å². The maximum absolute atomic E-state index is 13.7. The van der Waals surface area contributed by atoms with Crippen LogP contribution in [0.25, 0.3) is 0 Å². The molecule has 3 rings (SSSR count). The van der Waals surface area contributed by atoms with Crippen LogP contribution in [-0.2, 0) is 0 Å². The minimum atomic E-state index is -0.0589. The van der Waals surface area contributed by atoms with Crippen LogP contribution in [0.5, 0.6) is 5.75 Å². The molecule has 0 aliphatic heterocycles. The molecule has 0 N–H and O–H groups in total. The average molecular weight is 375 g/mol. The third-order valence-electron chi connectivity index (χ3n) is 5.83. The Morgan fingerprint density at radius 3 is 2.36 bits per heavy atom. The normalized spacial score (nSPS) is 21.6. The minimum absolute atomic E-state index is 0.0589. The van der Waals surface area contributed by atoms with E-state index in [1.165, 1.54) is 16.7 Å². The van der Waals surface area contributed by atoms with Crippen molar-refractivity contribution in [3.63, 3.8) is 0 Å². The Morgan fingerprint density at radius 1 is 1.07 bits per heavy atom. The molecule has 28 heavy (non-hydrogen) atoms. The maximum Gasteiger partial charge on any atom is 0.167 e. The Labute approximate surface area is 168 Å². The fourth-order valence-corrected chi connectivity index (χ4v) is 4.23. The molecule has 3 atom stereocenters. The summed E-state index contributed by atoms with van der Waals surface area (Å²) < 4.78 is 5.26. The van der Waals surface area contributed by atoms with E-state index < -0.39 is 0 Å². The van der Waals surface area contributed by atoms with Crippen molar-refractivity contribution in [2.45, 2.75) is 39.5 Å². The number of rotatable bonds is 6. The van der Waals surface area contributed by atoms with Gasteiger partial charge in [0.2, 0.25) is 0 Å². The lowest BCUT2D eigenvalue weighted by Gasteiger charge is -2.37. The van der Waals surface area contributed by atoms with Gasteiger partial charge < -0.3 is 4.74 Å². The standard InChI is InChI=1S/C26H30O2/c1-18(2)10-16-23-19(3)11-17-24(20-8-6-5-7-9-20)25(23)26(27)21-12-14-22(28-4)15-13-21/h5-15,23-25H,16-17H2,1-4H3/t23-,24+,25-/m1/s1. The molecule has 1 aliphatic rings. The lowest BCUT2D eigenvalue weighted by Crippen LogP contribution is -2.33. The smallest absolute Gasteiger partial charge is 0.167 e. The van der Waals surface area contributed by atoms with E-state index in [1.807, 2.05) is 30.3 Å². The second-order valence-electron chi connectivity index (χ2n) is 7.94. The van der Waals surface area contributed by atoms with Crippen molar-refractivity contribution in [1.82, 2.24) is 0 Å². The van der Waals surface area contributed by atoms with Crippen LogP contribution in [-0.4, -0.2) is 12.9 Å². The zero-order chi connectivity index (χ0) is 20.1. The van der Waals surface area contributed by atoms with Gasteiger partial charge in [0.05, 0.1) is 7.11 Å². The van der Waals surface area contributed by atoms with E-state index in [1.54, 1.807) is 7.11 Å². The molecule has 1 aliphatic carbocycles. The van der Waals surface area contributed by atoms with Crippen molar-refractivity contribution in [3.05, 3.63) is 89.0 Å². The first-order valence-corrected chi connectivity index (χ1v) is 10.0. The fourth-order valence-electron chi connectivity index (χ4n) is 4.23. The number of carbonyl (C=O) groups excluding carboxylic acids is 1. The highest BCUT2D eigenvalue weighted by Gasteiger charge is 2.38. The molecule has 0 spiro atoms. The molecule has 2 nitrogen and oxygen atoms in total. The molecule has 0 radical (unpaired) electrons. The quantitative estimate of drug-likeness (QED) is 0.420. The molecule has 0 aromatic heterocycles. The van der Waals surface area contributed by atoms with E-state index >= 15 is 0 Å². The first kappa shape index (κ1) is 20.1. The van der Waals surface area contributed by atoms with Crippen LogP contribution in [0.2, 0.25) is 0 Å². The first-order chi connectivity index (χ1) is 13.5. The summed E-state index contributed by atoms with van der Waals surface area (Å²) in [4.78, 5) is 13.7. The van der Waals surface area contributed by atoms with Gasteiger partial charge in [-0.3, -0.25) is 4.79 Å². The van der Waals surface area contributed by atoms with Crippen LogP contribution >= 0.6 is 0 Å². The van der Waals surface area contributed by atoms with Gasteiger partial charge >= 0.3 is 0 Å². The van der Waals surface area contributed by atoms with E-state index in [0.29, 0.717) is 0 Å². The molecule has 0 saturated heterocycles. The van der Waals surface area contributed by atoms with Gasteiger partial charge in [0.25, 0.3) is 0 Å². The predicted octanol–water partition coefficient (Wildman–Crippen LogP) is 6.60. The summed E-state index contributed by atoms with van der Waals surface area (Å²) in [6.07, 6.45) is 6.41. The molecule has 0 heterocycles. The van der Waals surface area contributed by atoms with Gasteiger partial charge in [0.15, 0.2) is 5.78 Å². The third-order valence-corrected chi connectivity index (χ3v) is 5.83. The van der Waals surface area contributed by atoms with Gasteiger partial charge in [-0.1, -0.05) is 53.6 Å². The van der Waals surface area contributed by atoms with Crippen LogP contribution in [0.1, 0.15) is 55.5 Å². The fraction of sp³-hybridized carbons (Fsp3) is 0.346. The van der Waals surface area contributed by atoms with Gasteiger partial charge in [0, 0.05) is 11.5 Å². The zero-order valence-corrected chi connectivity index (χ0v) is 17.3. The van der Waals surface area contributed by atoms with Crippen molar-refractivity contribution < 1.29 is 9.53 Å². The Morgan fingerprint density at radius 2 is 1.75 bits per heavy atom. The molecule has 0 fully saturated rings. The van der Waals surface area contributed by atoms with Crippen LogP contribution in [0.15, 0.2) is 77.9 Å². The van der Waals surface area contributed by atoms with E-state index in [-0.39, 0.29) is 23.5 Å². The average Bonchev–Trinajstić information content (AvgIpc) is 2.72. The Bertz CT molecular complexity index is 855. The molecular weight excluding hydrogens is 344 g/mol. The largest absolute Gasteiger partial charge is 0.497 e. The summed E-state index contributed by atoms with van der Waals surface area (Å²) in [7, 11) is 1.65. The molecule has 0 saturated carbocycles. The Kier molecular flexibility index (Phi) is 6.51. The number of ether oxygens (including phenoxy) is 1. The van der Waals surface area contributed by atoms with Gasteiger partial charge in [-0.2, -0.15) is 0 Å². The van der Waals surface area contributed by atoms with E-state index in [0.717, 1.165) is 24.2 Å². The van der Waals surface area contributed by atoms with Crippen LogP contribution in [0.4, 0.5) is 0 Å². The lowest BCUT2D eigenvalue weighted by molar-refractivity contribution is 0.0850. The second-order valence-corrected chi connectivity index (χ2v) is 7.94. The number of benzene rings is 2. The van der Waals surface area contributed by atoms with E-state index in [4.69, 9.17) is 4.74 Å². The Hall–Kier alpha value is -2.61. The molecule has 0 bridgehead atoms. The Balaban J connectivity index is 2.02. The van der Waals surface area contributed by atoms with Gasteiger partial charge in [-0.05, 0) is 75.3 Å². The highest BCUT2D eigenvalue weighted by Crippen LogP contribution is 2.44. The van der Waals surface area contributed by atoms with Crippen LogP contribution < -0.4 is 4.74 Å². The number of allylic oxidation sites excluding steroid dienone is 4. The van der Waals surface area contributed by atoms with E-state index in [9.17, 15) is 4.79 Å². The van der Waals surface area contributed by atoms with Gasteiger partial charge in [-0.15, -0.1) is 0 Å². The maximum atomic E-state index is 13.7. The van der Waals surface area contributed by atoms with E-state index in [2.05, 4.69) is 57.2 Å². The highest BCUT2D eigenvalue weighted by atomic mass is 16.5. The predicted molar refractivity (Wildman–Crippen MR) is 116 cm³/mol. The van der Waals surface area contributed by atoms with Crippen molar-refractivity contribution in [1.29, 1.82) is 0 Å². The molecular formula is C26H30O2. The summed E-state index contributed by atoms with van der Waals surface area (Å²) >= 11 is 0. The van der Waals surface area contributed by atoms with Crippen molar-refractivity contribution in [3.8, 4) is 5.75 Å². The van der Waals surface area contributed by atoms with Crippen molar-refractivity contribution in [2.75, 3.05) is 7.11 Å². The molecule has 0 amide bonds. The zero-order valence-electron chi connectivity index (χ0n) is 17.3. The minimum Gasteiger partial charge on any atom is -0.497 e. The summed E-state index contributed by atoms with van der Waals surface area (Å²) in [5.41, 5.74) is 4.64. The molecule has 146 valence electrons. The molecule has 0 unspecified atom stereocenters. The SMILES string of the molecule is COc1ccc(C(=O)[C@@H]2[C@H](CC=C(C)C)C(C)=CC[C@H]2c2ccccc2)cc1. The number of hydrogen-bond donors (Lipinski definition) is 0. The van der Waals surface area contributed by atoms with Gasteiger partial charge in [0.1, 0.15) is 5.75 Å². The summed E-state index contributed by atoms with van der Waals surface area (Å²) in [6.45, 7) is 6.42. The number of ketones is 1. The van der Waals surface area contributed by atoms with Crippen molar-refractivity contribution in [2.24, 2.45) is 11.8 Å². The van der Waals surface area contributed by atoms with Crippen LogP contribution in [0.3, 0.4) is 0 Å². The van der Waals surface area contributed by atoms with Crippen LogP contribution in [0, 0.1) is 11.8 Å². The summed E-state index contributed by atoms with van der Waals surface area (Å²) in [5.74, 6) is 1.38. The second kappa shape index (κ2) is 9.05.